The molecule has 0 atom stereocenters. The Hall–Kier alpha value is -2.85. The number of benzene rings is 2. The Morgan fingerprint density at radius 2 is 1.62 bits per heavy atom. The third kappa shape index (κ3) is 7.82. The Labute approximate surface area is 222 Å². The van der Waals surface area contributed by atoms with Crippen molar-refractivity contribution >= 4 is 5.97 Å². The molecule has 1 N–H and O–H groups in total. The van der Waals surface area contributed by atoms with Gasteiger partial charge in [0.05, 0.1) is 6.61 Å². The van der Waals surface area contributed by atoms with E-state index in [0.29, 0.717) is 17.4 Å². The smallest absolute Gasteiger partial charge is 0.333 e. The van der Waals surface area contributed by atoms with Gasteiger partial charge in [0, 0.05) is 5.57 Å². The first-order valence-corrected chi connectivity index (χ1v) is 14.0. The van der Waals surface area contributed by atoms with Crippen molar-refractivity contribution in [3.63, 3.8) is 0 Å². The average Bonchev–Trinajstić information content (AvgIpc) is 2.94. The van der Waals surface area contributed by atoms with Gasteiger partial charge in [-0.05, 0) is 97.6 Å². The lowest BCUT2D eigenvalue weighted by Gasteiger charge is -2.28. The maximum absolute atomic E-state index is 12.1. The second-order valence-corrected chi connectivity index (χ2v) is 10.8. The van der Waals surface area contributed by atoms with Gasteiger partial charge in [-0.2, -0.15) is 0 Å². The molecule has 0 amide bonds. The summed E-state index contributed by atoms with van der Waals surface area (Å²) in [6.45, 7) is 5.86. The highest BCUT2D eigenvalue weighted by Gasteiger charge is 2.23. The van der Waals surface area contributed by atoms with Gasteiger partial charge in [0.2, 0.25) is 0 Å². The van der Waals surface area contributed by atoms with Crippen LogP contribution < -0.4 is 4.74 Å². The van der Waals surface area contributed by atoms with Gasteiger partial charge in [-0.3, -0.25) is 0 Å². The lowest BCUT2D eigenvalue weighted by Crippen LogP contribution is -2.13. The molecule has 4 heteroatoms. The summed E-state index contributed by atoms with van der Waals surface area (Å²) in [5.41, 5.74) is 4.85. The molecule has 0 saturated heterocycles. The lowest BCUT2D eigenvalue weighted by atomic mass is 9.77. The van der Waals surface area contributed by atoms with Crippen molar-refractivity contribution in [2.45, 2.75) is 77.2 Å². The van der Waals surface area contributed by atoms with Crippen LogP contribution in [0.25, 0.3) is 11.1 Å². The highest BCUT2D eigenvalue weighted by atomic mass is 16.5. The van der Waals surface area contributed by atoms with E-state index in [2.05, 4.69) is 36.9 Å². The first kappa shape index (κ1) is 27.2. The Morgan fingerprint density at radius 1 is 0.946 bits per heavy atom. The SMILES string of the molecule is C=C(C)C(=O)OCc1cc(C2CCC(/C=C/C3CCCCC3)CC2)ccc1-c1ccc(OCCO)cc1. The van der Waals surface area contributed by atoms with Gasteiger partial charge in [-0.15, -0.1) is 0 Å². The van der Waals surface area contributed by atoms with Crippen LogP contribution in [0.1, 0.15) is 81.8 Å². The molecule has 0 spiro atoms. The maximum Gasteiger partial charge on any atom is 0.333 e. The Kier molecular flexibility index (Phi) is 10.0. The van der Waals surface area contributed by atoms with Gasteiger partial charge in [0.1, 0.15) is 19.0 Å². The van der Waals surface area contributed by atoms with Gasteiger partial charge in [0.15, 0.2) is 0 Å². The van der Waals surface area contributed by atoms with E-state index in [1.54, 1.807) is 6.92 Å². The van der Waals surface area contributed by atoms with Gasteiger partial charge >= 0.3 is 5.97 Å². The summed E-state index contributed by atoms with van der Waals surface area (Å²) in [7, 11) is 0. The monoisotopic (exact) mass is 502 g/mol. The predicted molar refractivity (Wildman–Crippen MR) is 149 cm³/mol. The summed E-state index contributed by atoms with van der Waals surface area (Å²) < 4.78 is 11.1. The minimum absolute atomic E-state index is 0.0137. The van der Waals surface area contributed by atoms with Crippen LogP contribution in [0.2, 0.25) is 0 Å². The van der Waals surface area contributed by atoms with Crippen molar-refractivity contribution in [1.29, 1.82) is 0 Å². The third-order valence-corrected chi connectivity index (χ3v) is 7.91. The summed E-state index contributed by atoms with van der Waals surface area (Å²) in [5, 5.41) is 8.99. The number of ether oxygens (including phenoxy) is 2. The Balaban J connectivity index is 1.46. The molecule has 4 rings (SSSR count). The number of carbonyl (C=O) groups is 1. The predicted octanol–water partition coefficient (Wildman–Crippen LogP) is 7.75. The van der Waals surface area contributed by atoms with Crippen LogP contribution in [0.5, 0.6) is 5.75 Å². The standard InChI is InChI=1S/C33H42O4/c1-24(2)33(35)37-23-30-22-29(16-19-32(30)28-14-17-31(18-15-28)36-21-20-34)27-12-10-26(11-13-27)9-8-25-6-4-3-5-7-25/h8-9,14-19,22,25-27,34H,1,3-7,10-13,20-21,23H2,2H3/b9-8+. The number of rotatable bonds is 10. The molecule has 0 bridgehead atoms. The van der Waals surface area contributed by atoms with Gasteiger partial charge < -0.3 is 14.6 Å². The van der Waals surface area contributed by atoms with E-state index in [9.17, 15) is 4.79 Å². The molecule has 0 unspecified atom stereocenters. The topological polar surface area (TPSA) is 55.8 Å². The summed E-state index contributed by atoms with van der Waals surface area (Å²) in [6.07, 6.45) is 16.8. The van der Waals surface area contributed by atoms with Gasteiger partial charge in [0.25, 0.3) is 0 Å². The minimum Gasteiger partial charge on any atom is -0.491 e. The van der Waals surface area contributed by atoms with Crippen LogP contribution in [-0.2, 0) is 16.1 Å². The number of esters is 1. The molecule has 0 heterocycles. The zero-order valence-electron chi connectivity index (χ0n) is 22.3. The van der Waals surface area contributed by atoms with Crippen LogP contribution in [-0.4, -0.2) is 24.3 Å². The van der Waals surface area contributed by atoms with Crippen molar-refractivity contribution in [2.75, 3.05) is 13.2 Å². The van der Waals surface area contributed by atoms with Crippen molar-refractivity contribution in [2.24, 2.45) is 11.8 Å². The summed E-state index contributed by atoms with van der Waals surface area (Å²) in [6, 6.07) is 14.5. The van der Waals surface area contributed by atoms with E-state index in [1.165, 1.54) is 63.4 Å². The zero-order chi connectivity index (χ0) is 26.0. The highest BCUT2D eigenvalue weighted by molar-refractivity contribution is 5.87. The molecule has 2 aromatic carbocycles. The fourth-order valence-electron chi connectivity index (χ4n) is 5.72. The van der Waals surface area contributed by atoms with E-state index in [-0.39, 0.29) is 25.8 Å². The summed E-state index contributed by atoms with van der Waals surface area (Å²) in [4.78, 5) is 12.1. The van der Waals surface area contributed by atoms with Crippen LogP contribution in [0.15, 0.2) is 66.8 Å². The average molecular weight is 503 g/mol. The number of aliphatic hydroxyl groups excluding tert-OH is 1. The third-order valence-electron chi connectivity index (χ3n) is 7.91. The largest absolute Gasteiger partial charge is 0.491 e. The van der Waals surface area contributed by atoms with E-state index >= 15 is 0 Å². The first-order valence-electron chi connectivity index (χ1n) is 14.0. The molecular formula is C33H42O4. The van der Waals surface area contributed by atoms with Crippen LogP contribution in [0, 0.1) is 11.8 Å². The van der Waals surface area contributed by atoms with E-state index in [1.807, 2.05) is 24.3 Å². The van der Waals surface area contributed by atoms with E-state index < -0.39 is 0 Å². The molecule has 2 aliphatic rings. The highest BCUT2D eigenvalue weighted by Crippen LogP contribution is 2.39. The van der Waals surface area contributed by atoms with Crippen molar-refractivity contribution in [3.05, 3.63) is 77.9 Å². The number of hydrogen-bond acceptors (Lipinski definition) is 4. The van der Waals surface area contributed by atoms with E-state index in [4.69, 9.17) is 14.6 Å². The normalized spacial score (nSPS) is 20.6. The first-order chi connectivity index (χ1) is 18.0. The lowest BCUT2D eigenvalue weighted by molar-refractivity contribution is -0.140. The molecule has 4 nitrogen and oxygen atoms in total. The number of aliphatic hydroxyl groups is 1. The molecule has 0 radical (unpaired) electrons. The molecule has 37 heavy (non-hydrogen) atoms. The van der Waals surface area contributed by atoms with Crippen molar-refractivity contribution < 1.29 is 19.4 Å². The van der Waals surface area contributed by atoms with Crippen LogP contribution in [0.4, 0.5) is 0 Å². The maximum atomic E-state index is 12.1. The zero-order valence-corrected chi connectivity index (χ0v) is 22.3. The number of carbonyl (C=O) groups excluding carboxylic acids is 1. The van der Waals surface area contributed by atoms with Crippen molar-refractivity contribution in [3.8, 4) is 16.9 Å². The van der Waals surface area contributed by atoms with Crippen LogP contribution in [0.3, 0.4) is 0 Å². The molecule has 2 aliphatic carbocycles. The summed E-state index contributed by atoms with van der Waals surface area (Å²) >= 11 is 0. The molecule has 2 saturated carbocycles. The van der Waals surface area contributed by atoms with Gasteiger partial charge in [-0.1, -0.05) is 68.3 Å². The second-order valence-electron chi connectivity index (χ2n) is 10.8. The fraction of sp³-hybridized carbons (Fsp3) is 0.485. The Bertz CT molecular complexity index is 1050. The quantitative estimate of drug-likeness (QED) is 0.205. The minimum atomic E-state index is -0.366. The van der Waals surface area contributed by atoms with Gasteiger partial charge in [-0.25, -0.2) is 4.79 Å². The fourth-order valence-corrected chi connectivity index (χ4v) is 5.72. The number of allylic oxidation sites excluding steroid dienone is 2. The van der Waals surface area contributed by atoms with Crippen LogP contribution >= 0.6 is 0 Å². The molecule has 0 aromatic heterocycles. The molecule has 198 valence electrons. The molecule has 2 aromatic rings. The molecule has 2 fully saturated rings. The van der Waals surface area contributed by atoms with Crippen molar-refractivity contribution in [1.82, 2.24) is 0 Å². The van der Waals surface area contributed by atoms with E-state index in [0.717, 1.165) is 28.4 Å². The summed E-state index contributed by atoms with van der Waals surface area (Å²) in [5.74, 6) is 2.41. The molecule has 0 aliphatic heterocycles. The second kappa shape index (κ2) is 13.6. The number of hydrogen-bond donors (Lipinski definition) is 1. The molecular weight excluding hydrogens is 460 g/mol. The Morgan fingerprint density at radius 3 is 2.27 bits per heavy atom.